The first-order valence-corrected chi connectivity index (χ1v) is 9.64. The van der Waals surface area contributed by atoms with Gasteiger partial charge >= 0.3 is 18.0 Å². The number of carbonyl (C=O) groups is 1. The number of rotatable bonds is 4. The van der Waals surface area contributed by atoms with Crippen LogP contribution in [0, 0.1) is 10.1 Å². The third-order valence-electron chi connectivity index (χ3n) is 5.43. The monoisotopic (exact) mass is 439 g/mol. The van der Waals surface area contributed by atoms with E-state index >= 15 is 0 Å². The predicted molar refractivity (Wildman–Crippen MR) is 102 cm³/mol. The third kappa shape index (κ3) is 4.33. The van der Waals surface area contributed by atoms with Gasteiger partial charge in [-0.15, -0.1) is 0 Å². The first-order valence-electron chi connectivity index (χ1n) is 9.64. The number of piperazine rings is 1. The van der Waals surface area contributed by atoms with Crippen molar-refractivity contribution < 1.29 is 27.6 Å². The van der Waals surface area contributed by atoms with Gasteiger partial charge in [-0.25, -0.2) is 0 Å². The second-order valence-corrected chi connectivity index (χ2v) is 7.96. The van der Waals surface area contributed by atoms with Gasteiger partial charge in [-0.1, -0.05) is 0 Å². The number of nitro groups is 1. The second kappa shape index (κ2) is 7.52. The van der Waals surface area contributed by atoms with Crippen molar-refractivity contribution in [1.82, 2.24) is 19.4 Å². The van der Waals surface area contributed by atoms with Crippen molar-refractivity contribution in [3.8, 4) is 6.01 Å². The molecule has 31 heavy (non-hydrogen) atoms. The molecule has 3 heterocycles. The van der Waals surface area contributed by atoms with Gasteiger partial charge in [0.05, 0.1) is 12.1 Å². The van der Waals surface area contributed by atoms with Crippen LogP contribution in [0.4, 0.5) is 19.0 Å². The van der Waals surface area contributed by atoms with E-state index in [-0.39, 0.29) is 23.3 Å². The SMILES string of the molecule is CC1(CN2CCN(C(=O)c3ccc(C(F)(F)F)cc3)CC2)Cn2cc([N+](=O)[O-])nc2O1. The van der Waals surface area contributed by atoms with Crippen LogP contribution in [0.15, 0.2) is 30.5 Å². The van der Waals surface area contributed by atoms with Crippen LogP contribution in [0.1, 0.15) is 22.8 Å². The van der Waals surface area contributed by atoms with Crippen LogP contribution >= 0.6 is 0 Å². The summed E-state index contributed by atoms with van der Waals surface area (Å²) in [6, 6.07) is 4.44. The lowest BCUT2D eigenvalue weighted by Gasteiger charge is -2.38. The van der Waals surface area contributed by atoms with Gasteiger partial charge in [-0.05, 0) is 36.1 Å². The zero-order chi connectivity index (χ0) is 22.4. The smallest absolute Gasteiger partial charge is 0.416 e. The molecular formula is C19H20F3N5O4. The minimum Gasteiger partial charge on any atom is -0.436 e. The third-order valence-corrected chi connectivity index (χ3v) is 5.43. The quantitative estimate of drug-likeness (QED) is 0.537. The summed E-state index contributed by atoms with van der Waals surface area (Å²) in [5.41, 5.74) is -1.17. The average Bonchev–Trinajstić information content (AvgIpc) is 3.22. The summed E-state index contributed by atoms with van der Waals surface area (Å²) < 4.78 is 45.5. The normalized spacial score (nSPS) is 21.6. The van der Waals surface area contributed by atoms with Gasteiger partial charge < -0.3 is 19.8 Å². The fourth-order valence-corrected chi connectivity index (χ4v) is 3.93. The highest BCUT2D eigenvalue weighted by Gasteiger charge is 2.42. The minimum absolute atomic E-state index is 0.213. The van der Waals surface area contributed by atoms with Crippen LogP contribution in [-0.4, -0.2) is 68.5 Å². The zero-order valence-corrected chi connectivity index (χ0v) is 16.6. The number of ether oxygens (including phenoxy) is 1. The highest BCUT2D eigenvalue weighted by molar-refractivity contribution is 5.94. The van der Waals surface area contributed by atoms with E-state index in [1.807, 2.05) is 6.92 Å². The van der Waals surface area contributed by atoms with Crippen molar-refractivity contribution in [1.29, 1.82) is 0 Å². The summed E-state index contributed by atoms with van der Waals surface area (Å²) in [5, 5.41) is 10.8. The molecule has 1 fully saturated rings. The molecule has 2 aliphatic heterocycles. The molecule has 0 aliphatic carbocycles. The number of hydrogen-bond acceptors (Lipinski definition) is 6. The molecule has 1 aromatic carbocycles. The van der Waals surface area contributed by atoms with Crippen LogP contribution in [0.25, 0.3) is 0 Å². The van der Waals surface area contributed by atoms with E-state index in [0.29, 0.717) is 39.3 Å². The largest absolute Gasteiger partial charge is 0.436 e. The summed E-state index contributed by atoms with van der Waals surface area (Å²) in [5.74, 6) is -0.559. The summed E-state index contributed by atoms with van der Waals surface area (Å²) in [4.78, 5) is 30.5. The van der Waals surface area contributed by atoms with Crippen LogP contribution in [0.3, 0.4) is 0 Å². The number of imidazole rings is 1. The van der Waals surface area contributed by atoms with Crippen molar-refractivity contribution in [3.63, 3.8) is 0 Å². The molecule has 9 nitrogen and oxygen atoms in total. The lowest BCUT2D eigenvalue weighted by Crippen LogP contribution is -2.53. The Morgan fingerprint density at radius 1 is 1.23 bits per heavy atom. The van der Waals surface area contributed by atoms with Gasteiger partial charge in [0, 0.05) is 43.3 Å². The molecule has 1 amide bonds. The first-order chi connectivity index (χ1) is 14.5. The number of nitrogens with zero attached hydrogens (tertiary/aromatic N) is 5. The van der Waals surface area contributed by atoms with Crippen LogP contribution in [0.2, 0.25) is 0 Å². The molecule has 2 aromatic rings. The van der Waals surface area contributed by atoms with E-state index < -0.39 is 22.3 Å². The highest BCUT2D eigenvalue weighted by Crippen LogP contribution is 2.32. The fourth-order valence-electron chi connectivity index (χ4n) is 3.93. The molecule has 0 N–H and O–H groups in total. The van der Waals surface area contributed by atoms with E-state index in [0.717, 1.165) is 12.1 Å². The van der Waals surface area contributed by atoms with Gasteiger partial charge in [-0.3, -0.25) is 14.3 Å². The fraction of sp³-hybridized carbons (Fsp3) is 0.474. The van der Waals surface area contributed by atoms with Gasteiger partial charge in [0.15, 0.2) is 0 Å². The molecule has 0 saturated carbocycles. The maximum atomic E-state index is 12.7. The number of fused-ring (bicyclic) bond motifs is 1. The summed E-state index contributed by atoms with van der Waals surface area (Å²) >= 11 is 0. The van der Waals surface area contributed by atoms with Crippen LogP contribution in [-0.2, 0) is 12.7 Å². The van der Waals surface area contributed by atoms with Crippen LogP contribution < -0.4 is 4.74 Å². The molecule has 12 heteroatoms. The highest BCUT2D eigenvalue weighted by atomic mass is 19.4. The number of aromatic nitrogens is 2. The Balaban J connectivity index is 1.31. The molecule has 4 rings (SSSR count). The Bertz CT molecular complexity index is 973. The Labute approximate surface area is 175 Å². The Hall–Kier alpha value is -3.15. The molecule has 2 aliphatic rings. The molecule has 0 bridgehead atoms. The summed E-state index contributed by atoms with van der Waals surface area (Å²) in [6.07, 6.45) is -3.09. The predicted octanol–water partition coefficient (Wildman–Crippen LogP) is 2.42. The van der Waals surface area contributed by atoms with Gasteiger partial charge in [0.1, 0.15) is 11.8 Å². The standard InChI is InChI=1S/C19H20F3N5O4/c1-18(12-26-10-15(27(29)30)23-17(26)31-18)11-24-6-8-25(9-7-24)16(28)13-2-4-14(5-3-13)19(20,21)22/h2-5,10H,6-9,11-12H2,1H3. The molecule has 0 spiro atoms. The number of alkyl halides is 3. The maximum Gasteiger partial charge on any atom is 0.416 e. The molecular weight excluding hydrogens is 419 g/mol. The maximum absolute atomic E-state index is 12.7. The molecule has 0 radical (unpaired) electrons. The van der Waals surface area contributed by atoms with E-state index in [2.05, 4.69) is 9.88 Å². The Kier molecular flexibility index (Phi) is 5.12. The number of hydrogen-bond donors (Lipinski definition) is 0. The first kappa shape index (κ1) is 21.1. The number of amides is 1. The molecule has 1 aromatic heterocycles. The average molecular weight is 439 g/mol. The van der Waals surface area contributed by atoms with Crippen molar-refractivity contribution in [3.05, 3.63) is 51.7 Å². The second-order valence-electron chi connectivity index (χ2n) is 7.96. The Morgan fingerprint density at radius 3 is 2.42 bits per heavy atom. The molecule has 1 atom stereocenters. The molecule has 1 saturated heterocycles. The van der Waals surface area contributed by atoms with E-state index in [1.165, 1.54) is 18.3 Å². The van der Waals surface area contributed by atoms with E-state index in [1.54, 1.807) is 9.47 Å². The van der Waals surface area contributed by atoms with Gasteiger partial charge in [0.2, 0.25) is 0 Å². The van der Waals surface area contributed by atoms with Crippen molar-refractivity contribution in [2.45, 2.75) is 25.2 Å². The van der Waals surface area contributed by atoms with E-state index in [9.17, 15) is 28.1 Å². The topological polar surface area (TPSA) is 93.7 Å². The summed E-state index contributed by atoms with van der Waals surface area (Å²) in [6.45, 7) is 4.90. The number of carbonyl (C=O) groups excluding carboxylic acids is 1. The lowest BCUT2D eigenvalue weighted by atomic mass is 10.1. The summed E-state index contributed by atoms with van der Waals surface area (Å²) in [7, 11) is 0. The van der Waals surface area contributed by atoms with Crippen molar-refractivity contribution >= 4 is 11.7 Å². The minimum atomic E-state index is -4.44. The molecule has 1 unspecified atom stereocenters. The number of benzene rings is 1. The Morgan fingerprint density at radius 2 is 1.87 bits per heavy atom. The van der Waals surface area contributed by atoms with Crippen LogP contribution in [0.5, 0.6) is 6.01 Å². The zero-order valence-electron chi connectivity index (χ0n) is 16.6. The molecule has 166 valence electrons. The van der Waals surface area contributed by atoms with E-state index in [4.69, 9.17) is 4.74 Å². The van der Waals surface area contributed by atoms with Gasteiger partial charge in [0.25, 0.3) is 5.91 Å². The van der Waals surface area contributed by atoms with Crippen molar-refractivity contribution in [2.75, 3.05) is 32.7 Å². The van der Waals surface area contributed by atoms with Gasteiger partial charge in [-0.2, -0.15) is 13.2 Å². The van der Waals surface area contributed by atoms with Crippen molar-refractivity contribution in [2.24, 2.45) is 0 Å². The number of halogens is 3. The lowest BCUT2D eigenvalue weighted by molar-refractivity contribution is -0.389.